The first-order valence-corrected chi connectivity index (χ1v) is 5.24. The molecule has 0 aliphatic carbocycles. The molecule has 0 amide bonds. The van der Waals surface area contributed by atoms with Gasteiger partial charge in [0, 0.05) is 6.07 Å². The van der Waals surface area contributed by atoms with Crippen LogP contribution in [-0.4, -0.2) is 14.9 Å². The van der Waals surface area contributed by atoms with Crippen LogP contribution in [0.4, 0.5) is 0 Å². The van der Waals surface area contributed by atoms with Crippen molar-refractivity contribution in [2.45, 2.75) is 0 Å². The van der Waals surface area contributed by atoms with E-state index in [1.54, 1.807) is 0 Å². The van der Waals surface area contributed by atoms with Gasteiger partial charge < -0.3 is 18.7 Å². The maximum Gasteiger partial charge on any atom is 0.391 e. The Labute approximate surface area is 78.3 Å². The van der Waals surface area contributed by atoms with Crippen molar-refractivity contribution < 1.29 is 23.3 Å². The monoisotopic (exact) mass is 215 g/mol. The smallest absolute Gasteiger partial charge is 0.391 e. The van der Waals surface area contributed by atoms with Crippen LogP contribution in [0, 0.1) is 0 Å². The van der Waals surface area contributed by atoms with Crippen LogP contribution in [0.2, 0.25) is 0 Å². The van der Waals surface area contributed by atoms with Crippen LogP contribution in [0.1, 0.15) is 0 Å². The van der Waals surface area contributed by atoms with Gasteiger partial charge in [0.05, 0.1) is 11.8 Å². The Morgan fingerprint density at radius 1 is 1.29 bits per heavy atom. The van der Waals surface area contributed by atoms with Crippen LogP contribution in [-0.2, 0) is 4.57 Å². The maximum absolute atomic E-state index is 11.0. The summed E-state index contributed by atoms with van der Waals surface area (Å²) in [6, 6.07) is 2.91. The van der Waals surface area contributed by atoms with Gasteiger partial charge in [0.25, 0.3) is 0 Å². The van der Waals surface area contributed by atoms with Gasteiger partial charge >= 0.3 is 7.60 Å². The minimum Gasteiger partial charge on any atom is -0.456 e. The van der Waals surface area contributed by atoms with Crippen LogP contribution in [0.3, 0.4) is 0 Å². The molecule has 0 spiro atoms. The Morgan fingerprint density at radius 2 is 2.07 bits per heavy atom. The SMILES string of the molecule is O=P(O)(O)c1occc1-c1ccon1. The first-order chi connectivity index (χ1) is 6.59. The van der Waals surface area contributed by atoms with Gasteiger partial charge in [-0.1, -0.05) is 5.16 Å². The van der Waals surface area contributed by atoms with Crippen molar-refractivity contribution >= 4 is 13.1 Å². The highest BCUT2D eigenvalue weighted by Gasteiger charge is 2.27. The normalized spacial score (nSPS) is 11.9. The van der Waals surface area contributed by atoms with Gasteiger partial charge in [-0.05, 0) is 6.07 Å². The lowest BCUT2D eigenvalue weighted by Crippen LogP contribution is -2.03. The summed E-state index contributed by atoms with van der Waals surface area (Å²) in [5, 5.41) is 3.55. The van der Waals surface area contributed by atoms with Gasteiger partial charge in [0.1, 0.15) is 12.0 Å². The maximum atomic E-state index is 11.0. The van der Waals surface area contributed by atoms with E-state index in [2.05, 4.69) is 9.68 Å². The third-order valence-electron chi connectivity index (χ3n) is 1.62. The van der Waals surface area contributed by atoms with Crippen LogP contribution < -0.4 is 5.50 Å². The number of hydrogen-bond acceptors (Lipinski definition) is 4. The van der Waals surface area contributed by atoms with Gasteiger partial charge in [-0.3, -0.25) is 4.57 Å². The fraction of sp³-hybridized carbons (Fsp3) is 0. The largest absolute Gasteiger partial charge is 0.456 e. The summed E-state index contributed by atoms with van der Waals surface area (Å²) in [7, 11) is -4.40. The van der Waals surface area contributed by atoms with Crippen molar-refractivity contribution in [3.05, 3.63) is 24.7 Å². The summed E-state index contributed by atoms with van der Waals surface area (Å²) in [6.45, 7) is 0. The lowest BCUT2D eigenvalue weighted by atomic mass is 10.2. The van der Waals surface area contributed by atoms with E-state index in [1.165, 1.54) is 24.7 Å². The van der Waals surface area contributed by atoms with Crippen molar-refractivity contribution in [2.24, 2.45) is 0 Å². The fourth-order valence-corrected chi connectivity index (χ4v) is 1.77. The van der Waals surface area contributed by atoms with E-state index in [0.29, 0.717) is 5.69 Å². The Hall–Kier alpha value is -1.36. The summed E-state index contributed by atoms with van der Waals surface area (Å²) >= 11 is 0. The molecule has 0 radical (unpaired) electrons. The molecule has 2 aromatic rings. The highest BCUT2D eigenvalue weighted by molar-refractivity contribution is 7.60. The van der Waals surface area contributed by atoms with Crippen LogP contribution in [0.25, 0.3) is 11.3 Å². The molecule has 74 valence electrons. The molecular weight excluding hydrogens is 209 g/mol. The first kappa shape index (κ1) is 9.21. The number of rotatable bonds is 2. The van der Waals surface area contributed by atoms with Crippen molar-refractivity contribution in [3.8, 4) is 11.3 Å². The minimum atomic E-state index is -4.40. The average molecular weight is 215 g/mol. The molecule has 0 fully saturated rings. The topological polar surface area (TPSA) is 96.7 Å². The highest BCUT2D eigenvalue weighted by Crippen LogP contribution is 2.37. The van der Waals surface area contributed by atoms with Crippen LogP contribution in [0.15, 0.2) is 33.6 Å². The van der Waals surface area contributed by atoms with E-state index in [-0.39, 0.29) is 5.56 Å². The molecule has 0 saturated carbocycles. The summed E-state index contributed by atoms with van der Waals surface area (Å²) in [6.07, 6.45) is 2.50. The molecule has 7 heteroatoms. The zero-order chi connectivity index (χ0) is 10.2. The molecule has 0 aliphatic heterocycles. The standard InChI is InChI=1S/C7H6NO5P/c9-14(10,11)7-5(1-3-12-7)6-2-4-13-8-6/h1-4H,(H2,9,10,11). The Balaban J connectivity index is 2.56. The lowest BCUT2D eigenvalue weighted by molar-refractivity contribution is 0.376. The Bertz CT molecular complexity index is 468. The predicted octanol–water partition coefficient (Wildman–Crippen LogP) is 0.738. The number of aromatic nitrogens is 1. The zero-order valence-corrected chi connectivity index (χ0v) is 7.72. The van der Waals surface area contributed by atoms with Crippen LogP contribution >= 0.6 is 7.60 Å². The molecule has 6 nitrogen and oxygen atoms in total. The van der Waals surface area contributed by atoms with Gasteiger partial charge in [-0.25, -0.2) is 0 Å². The summed E-state index contributed by atoms with van der Waals surface area (Å²) in [4.78, 5) is 17.8. The van der Waals surface area contributed by atoms with Gasteiger partial charge in [-0.2, -0.15) is 0 Å². The summed E-state index contributed by atoms with van der Waals surface area (Å²) < 4.78 is 20.2. The number of hydrogen-bond donors (Lipinski definition) is 2. The molecule has 14 heavy (non-hydrogen) atoms. The van der Waals surface area contributed by atoms with E-state index in [1.807, 2.05) is 0 Å². The van der Waals surface area contributed by atoms with Gasteiger partial charge in [-0.15, -0.1) is 0 Å². The third kappa shape index (κ3) is 1.50. The molecular formula is C7H6NO5P. The molecule has 0 saturated heterocycles. The first-order valence-electron chi connectivity index (χ1n) is 3.63. The summed E-state index contributed by atoms with van der Waals surface area (Å²) in [5.74, 6) is 0. The van der Waals surface area contributed by atoms with Crippen molar-refractivity contribution in [2.75, 3.05) is 0 Å². The zero-order valence-electron chi connectivity index (χ0n) is 6.82. The van der Waals surface area contributed by atoms with E-state index >= 15 is 0 Å². The summed E-state index contributed by atoms with van der Waals surface area (Å²) in [5.41, 5.74) is 0.176. The molecule has 0 aliphatic rings. The highest BCUT2D eigenvalue weighted by atomic mass is 31.2. The van der Waals surface area contributed by atoms with Crippen molar-refractivity contribution in [1.82, 2.24) is 5.16 Å². The van der Waals surface area contributed by atoms with Crippen molar-refractivity contribution in [3.63, 3.8) is 0 Å². The molecule has 0 aromatic carbocycles. The molecule has 0 unspecified atom stereocenters. The second-order valence-electron chi connectivity index (χ2n) is 2.57. The van der Waals surface area contributed by atoms with E-state index in [0.717, 1.165) is 0 Å². The van der Waals surface area contributed by atoms with Crippen molar-refractivity contribution in [1.29, 1.82) is 0 Å². The number of furan rings is 1. The van der Waals surface area contributed by atoms with E-state index in [9.17, 15) is 4.57 Å². The Kier molecular flexibility index (Phi) is 2.03. The lowest BCUT2D eigenvalue weighted by Gasteiger charge is -2.00. The van der Waals surface area contributed by atoms with E-state index < -0.39 is 13.1 Å². The molecule has 0 atom stereocenters. The molecule has 2 aromatic heterocycles. The fourth-order valence-electron chi connectivity index (χ4n) is 1.07. The minimum absolute atomic E-state index is 0.243. The molecule has 0 bridgehead atoms. The van der Waals surface area contributed by atoms with Gasteiger partial charge in [0.2, 0.25) is 5.50 Å². The molecule has 2 heterocycles. The average Bonchev–Trinajstić information content (AvgIpc) is 2.73. The Morgan fingerprint density at radius 3 is 2.64 bits per heavy atom. The van der Waals surface area contributed by atoms with Crippen LogP contribution in [0.5, 0.6) is 0 Å². The third-order valence-corrected chi connectivity index (χ3v) is 2.50. The second kappa shape index (κ2) is 3.09. The quantitative estimate of drug-likeness (QED) is 0.717. The predicted molar refractivity (Wildman–Crippen MR) is 45.9 cm³/mol. The molecule has 2 rings (SSSR count). The number of nitrogens with zero attached hydrogens (tertiary/aromatic N) is 1. The molecule has 2 N–H and O–H groups in total. The van der Waals surface area contributed by atoms with Gasteiger partial charge in [0.15, 0.2) is 0 Å². The second-order valence-corrected chi connectivity index (χ2v) is 4.06. The van der Waals surface area contributed by atoms with E-state index in [4.69, 9.17) is 14.2 Å².